The Bertz CT molecular complexity index is 284. The van der Waals surface area contributed by atoms with Gasteiger partial charge in [-0.15, -0.1) is 0 Å². The van der Waals surface area contributed by atoms with Crippen LogP contribution in [0.3, 0.4) is 0 Å². The highest BCUT2D eigenvalue weighted by Crippen LogP contribution is 2.16. The van der Waals surface area contributed by atoms with Crippen molar-refractivity contribution in [1.29, 1.82) is 0 Å². The molecule has 0 bridgehead atoms. The number of halogens is 2. The van der Waals surface area contributed by atoms with Gasteiger partial charge in [0.15, 0.2) is 11.6 Å². The van der Waals surface area contributed by atoms with E-state index in [2.05, 4.69) is 0 Å². The molecule has 0 saturated heterocycles. The number of benzene rings is 1. The number of hydrogen-bond acceptors (Lipinski definition) is 1. The van der Waals surface area contributed by atoms with Crippen LogP contribution in [-0.4, -0.2) is 6.61 Å². The highest BCUT2D eigenvalue weighted by Gasteiger charge is 2.03. The van der Waals surface area contributed by atoms with Gasteiger partial charge in [-0.25, -0.2) is 8.78 Å². The first-order valence-corrected chi connectivity index (χ1v) is 3.96. The van der Waals surface area contributed by atoms with Crippen LogP contribution in [0, 0.1) is 17.6 Å². The third-order valence-corrected chi connectivity index (χ3v) is 1.42. The Morgan fingerprint density at radius 2 is 1.92 bits per heavy atom. The first-order valence-electron chi connectivity index (χ1n) is 3.96. The first-order chi connectivity index (χ1) is 6.09. The molecule has 1 aromatic carbocycles. The van der Waals surface area contributed by atoms with Gasteiger partial charge in [-0.05, 0) is 12.1 Å². The Balaban J connectivity index is 2.63. The minimum atomic E-state index is -0.883. The molecular formula is C10H11F2O. The van der Waals surface area contributed by atoms with Crippen LogP contribution in [0.2, 0.25) is 0 Å². The molecule has 0 aliphatic heterocycles. The van der Waals surface area contributed by atoms with E-state index in [1.165, 1.54) is 6.07 Å². The molecule has 0 aliphatic carbocycles. The van der Waals surface area contributed by atoms with E-state index in [1.54, 1.807) is 0 Å². The third kappa shape index (κ3) is 3.01. The van der Waals surface area contributed by atoms with Crippen molar-refractivity contribution < 1.29 is 13.5 Å². The molecule has 0 N–H and O–H groups in total. The van der Waals surface area contributed by atoms with Crippen LogP contribution in [0.5, 0.6) is 5.75 Å². The standard InChI is InChI=1S/C10H11F2O/c1-7(2)6-13-8-3-4-9(11)10(12)5-8/h3-5H,6H2,1-2H3. The lowest BCUT2D eigenvalue weighted by atomic mass is 10.2. The van der Waals surface area contributed by atoms with Gasteiger partial charge in [0, 0.05) is 12.0 Å². The quantitative estimate of drug-likeness (QED) is 0.703. The summed E-state index contributed by atoms with van der Waals surface area (Å²) in [6, 6.07) is 3.50. The molecule has 13 heavy (non-hydrogen) atoms. The van der Waals surface area contributed by atoms with Crippen molar-refractivity contribution in [2.24, 2.45) is 0 Å². The van der Waals surface area contributed by atoms with Crippen LogP contribution in [0.1, 0.15) is 13.8 Å². The molecule has 1 radical (unpaired) electrons. The smallest absolute Gasteiger partial charge is 0.162 e. The van der Waals surface area contributed by atoms with E-state index in [4.69, 9.17) is 4.74 Å². The summed E-state index contributed by atoms with van der Waals surface area (Å²) in [6.45, 7) is 4.23. The Kier molecular flexibility index (Phi) is 3.23. The van der Waals surface area contributed by atoms with Crippen molar-refractivity contribution in [3.05, 3.63) is 35.8 Å². The second-order valence-corrected chi connectivity index (χ2v) is 3.07. The molecule has 1 aromatic rings. The van der Waals surface area contributed by atoms with Gasteiger partial charge in [0.05, 0.1) is 6.61 Å². The van der Waals surface area contributed by atoms with Gasteiger partial charge in [-0.3, -0.25) is 0 Å². The van der Waals surface area contributed by atoms with Crippen LogP contribution in [0.4, 0.5) is 8.78 Å². The van der Waals surface area contributed by atoms with E-state index in [0.717, 1.165) is 18.1 Å². The zero-order valence-electron chi connectivity index (χ0n) is 7.60. The summed E-state index contributed by atoms with van der Waals surface area (Å²) in [5.74, 6) is -0.319. The third-order valence-electron chi connectivity index (χ3n) is 1.42. The average molecular weight is 185 g/mol. The van der Waals surface area contributed by atoms with Crippen molar-refractivity contribution in [2.45, 2.75) is 13.8 Å². The summed E-state index contributed by atoms with van der Waals surface area (Å²) in [7, 11) is 0. The van der Waals surface area contributed by atoms with Gasteiger partial charge >= 0.3 is 0 Å². The van der Waals surface area contributed by atoms with Gasteiger partial charge in [0.25, 0.3) is 0 Å². The van der Waals surface area contributed by atoms with Crippen molar-refractivity contribution >= 4 is 0 Å². The normalized spacial score (nSPS) is 10.5. The Hall–Kier alpha value is -1.12. The number of ether oxygens (including phenoxy) is 1. The minimum Gasteiger partial charge on any atom is -0.493 e. The monoisotopic (exact) mass is 185 g/mol. The zero-order chi connectivity index (χ0) is 9.84. The van der Waals surface area contributed by atoms with Gasteiger partial charge in [0.1, 0.15) is 5.75 Å². The molecule has 1 rings (SSSR count). The lowest BCUT2D eigenvalue weighted by Gasteiger charge is -2.07. The fourth-order valence-electron chi connectivity index (χ4n) is 0.794. The molecule has 0 unspecified atom stereocenters. The molecule has 0 heterocycles. The van der Waals surface area contributed by atoms with Crippen molar-refractivity contribution in [2.75, 3.05) is 6.61 Å². The van der Waals surface area contributed by atoms with Crippen molar-refractivity contribution in [3.8, 4) is 5.75 Å². The molecule has 0 spiro atoms. The molecule has 0 saturated carbocycles. The first kappa shape index (κ1) is 9.96. The van der Waals surface area contributed by atoms with Gasteiger partial charge < -0.3 is 4.74 Å². The fourth-order valence-corrected chi connectivity index (χ4v) is 0.794. The number of rotatable bonds is 3. The van der Waals surface area contributed by atoms with Crippen molar-refractivity contribution in [3.63, 3.8) is 0 Å². The van der Waals surface area contributed by atoms with E-state index in [1.807, 2.05) is 13.8 Å². The van der Waals surface area contributed by atoms with Gasteiger partial charge in [-0.2, -0.15) is 0 Å². The summed E-state index contributed by atoms with van der Waals surface area (Å²) in [6.07, 6.45) is 0. The SMILES string of the molecule is C[C](C)COc1ccc(F)c(F)c1. The predicted molar refractivity (Wildman–Crippen MR) is 46.4 cm³/mol. The fraction of sp³-hybridized carbons (Fsp3) is 0.300. The summed E-state index contributed by atoms with van der Waals surface area (Å²) in [4.78, 5) is 0. The summed E-state index contributed by atoms with van der Waals surface area (Å²) < 4.78 is 30.3. The lowest BCUT2D eigenvalue weighted by Crippen LogP contribution is -2.03. The molecule has 0 aromatic heterocycles. The highest BCUT2D eigenvalue weighted by molar-refractivity contribution is 5.23. The van der Waals surface area contributed by atoms with E-state index in [0.29, 0.717) is 12.4 Å². The van der Waals surface area contributed by atoms with Gasteiger partial charge in [0.2, 0.25) is 0 Å². The molecular weight excluding hydrogens is 174 g/mol. The van der Waals surface area contributed by atoms with Crippen LogP contribution < -0.4 is 4.74 Å². The Labute approximate surface area is 76.3 Å². The molecule has 0 atom stereocenters. The van der Waals surface area contributed by atoms with Crippen LogP contribution in [-0.2, 0) is 0 Å². The zero-order valence-corrected chi connectivity index (χ0v) is 7.60. The largest absolute Gasteiger partial charge is 0.493 e. The Morgan fingerprint density at radius 3 is 2.46 bits per heavy atom. The van der Waals surface area contributed by atoms with Crippen LogP contribution in [0.25, 0.3) is 0 Å². The molecule has 0 aliphatic rings. The molecule has 71 valence electrons. The second-order valence-electron chi connectivity index (χ2n) is 3.07. The minimum absolute atomic E-state index is 0.347. The number of hydrogen-bond donors (Lipinski definition) is 0. The van der Waals surface area contributed by atoms with Crippen LogP contribution >= 0.6 is 0 Å². The molecule has 1 nitrogen and oxygen atoms in total. The summed E-state index contributed by atoms with van der Waals surface area (Å²) in [5.41, 5.74) is 0. The maximum atomic E-state index is 12.6. The summed E-state index contributed by atoms with van der Waals surface area (Å²) in [5, 5.41) is 0. The Morgan fingerprint density at radius 1 is 1.23 bits per heavy atom. The van der Waals surface area contributed by atoms with Gasteiger partial charge in [-0.1, -0.05) is 13.8 Å². The molecule has 0 fully saturated rings. The topological polar surface area (TPSA) is 9.23 Å². The van der Waals surface area contributed by atoms with E-state index in [9.17, 15) is 8.78 Å². The molecule has 0 amide bonds. The lowest BCUT2D eigenvalue weighted by molar-refractivity contribution is 0.329. The van der Waals surface area contributed by atoms with E-state index < -0.39 is 11.6 Å². The van der Waals surface area contributed by atoms with Crippen molar-refractivity contribution in [1.82, 2.24) is 0 Å². The van der Waals surface area contributed by atoms with E-state index in [-0.39, 0.29) is 0 Å². The van der Waals surface area contributed by atoms with Crippen LogP contribution in [0.15, 0.2) is 18.2 Å². The van der Waals surface area contributed by atoms with E-state index >= 15 is 0 Å². The average Bonchev–Trinajstić information content (AvgIpc) is 2.07. The molecule has 3 heteroatoms. The maximum absolute atomic E-state index is 12.6. The highest BCUT2D eigenvalue weighted by atomic mass is 19.2. The maximum Gasteiger partial charge on any atom is 0.162 e. The second kappa shape index (κ2) is 4.21. The summed E-state index contributed by atoms with van der Waals surface area (Å²) >= 11 is 0. The predicted octanol–water partition coefficient (Wildman–Crippen LogP) is 2.96.